The molecule has 74 heavy (non-hydrogen) atoms. The minimum Gasteiger partial charge on any atom is -0.385 e. The van der Waals surface area contributed by atoms with Crippen LogP contribution in [0, 0.1) is 27.7 Å². The van der Waals surface area contributed by atoms with E-state index in [0.717, 1.165) is 100 Å². The van der Waals surface area contributed by atoms with Crippen LogP contribution in [0.1, 0.15) is 80.2 Å². The molecule has 0 saturated heterocycles. The number of aryl methyl sites for hydroxylation is 4. The van der Waals surface area contributed by atoms with Gasteiger partial charge >= 0.3 is 0 Å². The third-order valence-electron chi connectivity index (χ3n) is 14.6. The van der Waals surface area contributed by atoms with Crippen molar-refractivity contribution >= 4 is 79.9 Å². The molecule has 7 heterocycles. The van der Waals surface area contributed by atoms with Crippen LogP contribution in [0.4, 0.5) is 0 Å². The number of fused-ring (bicyclic) bond motifs is 14. The lowest BCUT2D eigenvalue weighted by atomic mass is 9.85. The molecule has 0 spiro atoms. The van der Waals surface area contributed by atoms with Gasteiger partial charge in [-0.1, -0.05) is 188 Å². The summed E-state index contributed by atoms with van der Waals surface area (Å²) in [6.45, 7) is 8.34. The molecule has 13 rings (SSSR count). The average molecular weight is 1050 g/mol. The van der Waals surface area contributed by atoms with E-state index in [4.69, 9.17) is 76.4 Å². The Morgan fingerprint density at radius 2 is 0.608 bits per heavy atom. The first-order chi connectivity index (χ1) is 36.0. The fourth-order valence-corrected chi connectivity index (χ4v) is 12.1. The van der Waals surface area contributed by atoms with Gasteiger partial charge in [0.2, 0.25) is 0 Å². The lowest BCUT2D eigenvalue weighted by molar-refractivity contribution is 0.0799. The summed E-state index contributed by atoms with van der Waals surface area (Å²) in [5.41, 5.74) is 20.1. The van der Waals surface area contributed by atoms with Crippen molar-refractivity contribution in [2.75, 3.05) is 0 Å². The van der Waals surface area contributed by atoms with Gasteiger partial charge < -0.3 is 19.6 Å². The summed E-state index contributed by atoms with van der Waals surface area (Å²) < 4.78 is 0. The summed E-state index contributed by atoms with van der Waals surface area (Å²) in [4.78, 5) is 32.9. The Kier molecular flexibility index (Phi) is 11.4. The normalized spacial score (nSPS) is 17.6. The highest BCUT2D eigenvalue weighted by Crippen LogP contribution is 2.55. The molecule has 9 aromatic rings. The molecule has 6 aromatic carbocycles. The summed E-state index contributed by atoms with van der Waals surface area (Å²) >= 11 is 28.4. The second kappa shape index (κ2) is 18.2. The Hall–Kier alpha value is -7.46. The van der Waals surface area contributed by atoms with E-state index in [2.05, 4.69) is 159 Å². The second-order valence-corrected chi connectivity index (χ2v) is 21.1. The molecule has 0 radical (unpaired) electrons. The van der Waals surface area contributed by atoms with Gasteiger partial charge in [-0.15, -0.1) is 0 Å². The van der Waals surface area contributed by atoms with E-state index in [-0.39, 0.29) is 0 Å². The lowest BCUT2D eigenvalue weighted by Crippen LogP contribution is -2.14. The van der Waals surface area contributed by atoms with Gasteiger partial charge in [0.05, 0.1) is 54.7 Å². The van der Waals surface area contributed by atoms with Crippen molar-refractivity contribution in [2.45, 2.75) is 51.7 Å². The van der Waals surface area contributed by atoms with Crippen molar-refractivity contribution in [1.29, 1.82) is 0 Å². The predicted octanol–water partition coefficient (Wildman–Crippen LogP) is 17.3. The Morgan fingerprint density at radius 1 is 0.338 bits per heavy atom. The van der Waals surface area contributed by atoms with Crippen molar-refractivity contribution in [3.63, 3.8) is 0 Å². The van der Waals surface area contributed by atoms with Gasteiger partial charge in [0, 0.05) is 55.4 Å². The maximum absolute atomic E-state index is 7.09. The van der Waals surface area contributed by atoms with Crippen molar-refractivity contribution < 1.29 is 9.68 Å². The van der Waals surface area contributed by atoms with Gasteiger partial charge in [-0.05, 0) is 98.5 Å². The van der Waals surface area contributed by atoms with Gasteiger partial charge in [-0.3, -0.25) is 9.97 Å². The molecular formula is C62H44Cl4N6O2. The SMILES string of the molecule is Cc1ccc(-c2c3nc(c(-c4ccc(C)cc4)c4ccc([nH]4)c(-c4ccc(C)cc4)c4nc(c(-c5ccc(C)cc5)c5ccc2[nH]5)C2C(c5c(Cl)cccc5Cl)=NOC42)C2C(c4c(Cl)cccc4Cl)=NOC32)cc1. The van der Waals surface area contributed by atoms with E-state index in [9.17, 15) is 0 Å². The largest absolute Gasteiger partial charge is 0.385 e. The Balaban J connectivity index is 1.24. The highest BCUT2D eigenvalue weighted by Gasteiger charge is 2.49. The van der Waals surface area contributed by atoms with Crippen LogP contribution < -0.4 is 0 Å². The summed E-state index contributed by atoms with van der Waals surface area (Å²) in [6, 6.07) is 53.5. The molecule has 0 aliphatic carbocycles. The molecule has 0 saturated carbocycles. The number of benzene rings is 6. The van der Waals surface area contributed by atoms with Crippen molar-refractivity contribution in [3.05, 3.63) is 234 Å². The van der Waals surface area contributed by atoms with Gasteiger partial charge in [-0.25, -0.2) is 0 Å². The summed E-state index contributed by atoms with van der Waals surface area (Å²) in [7, 11) is 0. The first-order valence-electron chi connectivity index (χ1n) is 24.4. The number of hydrogen-bond acceptors (Lipinski definition) is 6. The molecule has 4 aliphatic rings. The molecule has 2 N–H and O–H groups in total. The van der Waals surface area contributed by atoms with Gasteiger partial charge in [0.25, 0.3) is 0 Å². The van der Waals surface area contributed by atoms with E-state index in [1.54, 1.807) is 0 Å². The fourth-order valence-electron chi connectivity index (χ4n) is 11.0. The number of halogens is 4. The van der Waals surface area contributed by atoms with Crippen LogP contribution in [0.2, 0.25) is 20.1 Å². The third kappa shape index (κ3) is 7.65. The van der Waals surface area contributed by atoms with Crippen LogP contribution in [0.15, 0.2) is 168 Å². The Bertz CT molecular complexity index is 3710. The molecule has 4 atom stereocenters. The number of nitrogens with one attached hydrogen (secondary N) is 2. The van der Waals surface area contributed by atoms with Crippen LogP contribution in [-0.2, 0) is 9.68 Å². The lowest BCUT2D eigenvalue weighted by Gasteiger charge is -2.17. The van der Waals surface area contributed by atoms with E-state index in [1.165, 1.54) is 0 Å². The monoisotopic (exact) mass is 1040 g/mol. The van der Waals surface area contributed by atoms with Crippen molar-refractivity contribution in [2.24, 2.45) is 10.3 Å². The molecule has 8 nitrogen and oxygen atoms in total. The summed E-state index contributed by atoms with van der Waals surface area (Å²) in [5, 5.41) is 11.6. The second-order valence-electron chi connectivity index (χ2n) is 19.5. The number of oxime groups is 2. The van der Waals surface area contributed by atoms with Crippen LogP contribution in [-0.4, -0.2) is 31.4 Å². The fraction of sp³-hybridized carbons (Fsp3) is 0.129. The quantitative estimate of drug-likeness (QED) is 0.173. The van der Waals surface area contributed by atoms with E-state index < -0.39 is 24.0 Å². The Morgan fingerprint density at radius 3 is 0.892 bits per heavy atom. The number of rotatable bonds is 6. The van der Waals surface area contributed by atoms with Crippen LogP contribution in [0.25, 0.3) is 66.6 Å². The highest BCUT2D eigenvalue weighted by molar-refractivity contribution is 6.41. The molecule has 4 unspecified atom stereocenters. The minimum atomic E-state index is -0.678. The van der Waals surface area contributed by atoms with Crippen molar-refractivity contribution in [3.8, 4) is 44.5 Å². The highest BCUT2D eigenvalue weighted by atomic mass is 35.5. The van der Waals surface area contributed by atoms with E-state index in [1.807, 2.05) is 36.4 Å². The van der Waals surface area contributed by atoms with Gasteiger partial charge in [0.1, 0.15) is 11.4 Å². The maximum atomic E-state index is 7.09. The molecule has 362 valence electrons. The zero-order valence-corrected chi connectivity index (χ0v) is 43.5. The molecule has 3 aromatic heterocycles. The zero-order chi connectivity index (χ0) is 50.5. The average Bonchev–Trinajstić information content (AvgIpc) is 4.28. The maximum Gasteiger partial charge on any atom is 0.184 e. The van der Waals surface area contributed by atoms with Crippen molar-refractivity contribution in [1.82, 2.24) is 19.9 Å². The number of nitrogens with zero attached hydrogens (tertiary/aromatic N) is 4. The topological polar surface area (TPSA) is 101 Å². The first-order valence-corrected chi connectivity index (χ1v) is 25.9. The van der Waals surface area contributed by atoms with E-state index >= 15 is 0 Å². The number of aromatic nitrogens is 4. The first kappa shape index (κ1) is 46.3. The smallest absolute Gasteiger partial charge is 0.184 e. The summed E-state index contributed by atoms with van der Waals surface area (Å²) in [6.07, 6.45) is -1.36. The standard InChI is InChI=1S/C62H44Cl4N6O2/c1-31-11-19-35(20-12-31)47-43-27-29-45(67-43)49(37-23-15-33(3)16-24-37)60-62-54(58(72-74-62)52-41(65)9-6-10-42(52)66)56(70-60)48(36-21-13-32(2)14-22-36)44-28-30-46(68-44)50(38-25-17-34(4)18-26-38)59-61-53(55(47)69-59)57(71-73-61)51-39(63)7-5-8-40(51)64/h5-30,53-54,61-62,67-68H,1-4H3. The van der Waals surface area contributed by atoms with E-state index in [0.29, 0.717) is 54.0 Å². The predicted molar refractivity (Wildman–Crippen MR) is 301 cm³/mol. The van der Waals surface area contributed by atoms with Crippen LogP contribution in [0.3, 0.4) is 0 Å². The van der Waals surface area contributed by atoms with Crippen LogP contribution >= 0.6 is 46.4 Å². The number of hydrogen-bond donors (Lipinski definition) is 2. The number of H-pyrrole nitrogens is 2. The molecule has 0 amide bonds. The Labute approximate surface area is 447 Å². The van der Waals surface area contributed by atoms with Gasteiger partial charge in [-0.2, -0.15) is 0 Å². The third-order valence-corrected chi connectivity index (χ3v) is 15.9. The molecular weight excluding hydrogens is 1000 g/mol. The minimum absolute atomic E-state index is 0.462. The molecule has 12 heteroatoms. The van der Waals surface area contributed by atoms with Gasteiger partial charge in [0.15, 0.2) is 12.2 Å². The summed E-state index contributed by atoms with van der Waals surface area (Å²) in [5.74, 6) is -1.08. The zero-order valence-electron chi connectivity index (χ0n) is 40.4. The molecule has 8 bridgehead atoms. The van der Waals surface area contributed by atoms with Crippen LogP contribution in [0.5, 0.6) is 0 Å². The number of aromatic amines is 2. The molecule has 4 aliphatic heterocycles. The molecule has 0 fully saturated rings.